The van der Waals surface area contributed by atoms with E-state index in [0.717, 1.165) is 68.8 Å². The van der Waals surface area contributed by atoms with Crippen LogP contribution in [0.1, 0.15) is 50.0 Å². The molecule has 38 heavy (non-hydrogen) atoms. The zero-order chi connectivity index (χ0) is 26.2. The number of phenolic OH excluding ortho intramolecular Hbond substituents is 1. The number of primary amides is 1. The third-order valence-corrected chi connectivity index (χ3v) is 8.24. The van der Waals surface area contributed by atoms with Crippen molar-refractivity contribution in [1.82, 2.24) is 25.5 Å². The molecule has 4 heterocycles. The minimum atomic E-state index is -0.449. The van der Waals surface area contributed by atoms with E-state index in [9.17, 15) is 9.90 Å². The molecule has 3 aliphatic rings. The van der Waals surface area contributed by atoms with E-state index in [1.54, 1.807) is 12.1 Å². The van der Waals surface area contributed by atoms with Crippen LogP contribution < -0.4 is 26.6 Å². The standard InChI is InChI=1S/C27H33N9O2/c28-25-23(11-22(33-34-25)21-3-1-2-4-24(21)37)35-14-19-9-10-20(15-35)36(19)27-30-12-17(13-31-27)16-5-7-18(8-6-16)32-26(29)38/h1-4,11-13,16,18-20,37H,5-10,14-15H2,(H2,28,34)(H3,29,32,38)/t16-,18-,19?,20?. The average molecular weight is 516 g/mol. The normalized spacial score (nSPS) is 24.8. The number of rotatable bonds is 5. The summed E-state index contributed by atoms with van der Waals surface area (Å²) in [6.07, 6.45) is 9.89. The van der Waals surface area contributed by atoms with Gasteiger partial charge in [0.05, 0.1) is 11.4 Å². The minimum absolute atomic E-state index is 0.162. The number of nitrogens with two attached hydrogens (primary N) is 2. The summed E-state index contributed by atoms with van der Waals surface area (Å²) in [5.74, 6) is 1.74. The number of aromatic hydroxyl groups is 1. The molecule has 2 amide bonds. The molecule has 1 aliphatic carbocycles. The van der Waals surface area contributed by atoms with Gasteiger partial charge in [0, 0.05) is 49.2 Å². The van der Waals surface area contributed by atoms with Crippen LogP contribution >= 0.6 is 0 Å². The molecule has 1 saturated carbocycles. The van der Waals surface area contributed by atoms with Gasteiger partial charge in [-0.2, -0.15) is 0 Å². The van der Waals surface area contributed by atoms with Gasteiger partial charge >= 0.3 is 6.03 Å². The summed E-state index contributed by atoms with van der Waals surface area (Å²) >= 11 is 0. The molecule has 2 aromatic heterocycles. The second-order valence-corrected chi connectivity index (χ2v) is 10.6. The highest BCUT2D eigenvalue weighted by Gasteiger charge is 2.42. The van der Waals surface area contributed by atoms with E-state index >= 15 is 0 Å². The molecule has 2 bridgehead atoms. The number of para-hydroxylation sites is 1. The number of nitrogen functional groups attached to an aromatic ring is 1. The number of phenols is 1. The Morgan fingerprint density at radius 3 is 2.32 bits per heavy atom. The van der Waals surface area contributed by atoms with E-state index in [-0.39, 0.29) is 23.9 Å². The first-order chi connectivity index (χ1) is 18.5. The van der Waals surface area contributed by atoms with E-state index in [1.807, 2.05) is 30.6 Å². The Hall–Kier alpha value is -4.15. The third kappa shape index (κ3) is 4.64. The number of carbonyl (C=O) groups is 1. The minimum Gasteiger partial charge on any atom is -0.507 e. The number of anilines is 3. The van der Waals surface area contributed by atoms with Crippen molar-refractivity contribution in [1.29, 1.82) is 0 Å². The quantitative estimate of drug-likeness (QED) is 0.401. The second kappa shape index (κ2) is 9.96. The molecule has 0 radical (unpaired) electrons. The summed E-state index contributed by atoms with van der Waals surface area (Å²) in [5.41, 5.74) is 14.8. The first kappa shape index (κ1) is 24.2. The van der Waals surface area contributed by atoms with Crippen LogP contribution in [-0.2, 0) is 0 Å². The van der Waals surface area contributed by atoms with Crippen LogP contribution in [0.4, 0.5) is 22.2 Å². The highest BCUT2D eigenvalue weighted by atomic mass is 16.3. The number of nitrogens with one attached hydrogen (secondary N) is 1. The number of carbonyl (C=O) groups excluding carboxylic acids is 1. The lowest BCUT2D eigenvalue weighted by Crippen LogP contribution is -2.54. The Balaban J connectivity index is 1.15. The van der Waals surface area contributed by atoms with Crippen LogP contribution in [0, 0.1) is 0 Å². The maximum atomic E-state index is 11.1. The van der Waals surface area contributed by atoms with Crippen molar-refractivity contribution in [3.05, 3.63) is 48.3 Å². The number of piperazine rings is 1. The summed E-state index contributed by atoms with van der Waals surface area (Å²) in [7, 11) is 0. The average Bonchev–Trinajstić information content (AvgIpc) is 3.18. The summed E-state index contributed by atoms with van der Waals surface area (Å²) in [6.45, 7) is 1.57. The number of nitrogens with zero attached hydrogens (tertiary/aromatic N) is 6. The van der Waals surface area contributed by atoms with Crippen LogP contribution in [0.2, 0.25) is 0 Å². The molecule has 6 rings (SSSR count). The Labute approximate surface area is 221 Å². The monoisotopic (exact) mass is 515 g/mol. The fraction of sp³-hybridized carbons (Fsp3) is 0.444. The smallest absolute Gasteiger partial charge is 0.312 e. The van der Waals surface area contributed by atoms with E-state index in [1.165, 1.54) is 0 Å². The van der Waals surface area contributed by atoms with Crippen molar-refractivity contribution in [2.45, 2.75) is 62.6 Å². The Kier molecular flexibility index (Phi) is 6.34. The number of fused-ring (bicyclic) bond motifs is 2. The van der Waals surface area contributed by atoms with Gasteiger partial charge in [0.2, 0.25) is 5.95 Å². The van der Waals surface area contributed by atoms with Gasteiger partial charge in [-0.15, -0.1) is 10.2 Å². The molecule has 11 heteroatoms. The van der Waals surface area contributed by atoms with E-state index in [0.29, 0.717) is 23.0 Å². The van der Waals surface area contributed by atoms with Crippen molar-refractivity contribution in [3.63, 3.8) is 0 Å². The molecule has 198 valence electrons. The molecule has 11 nitrogen and oxygen atoms in total. The first-order valence-electron chi connectivity index (χ1n) is 13.3. The molecule has 2 atom stereocenters. The SMILES string of the molecule is NC(=O)N[C@H]1CC[C@H](c2cnc(N3C4CCC3CN(c3cc(-c5ccccc5O)nnc3N)C4)nc2)CC1. The lowest BCUT2D eigenvalue weighted by atomic mass is 9.83. The zero-order valence-corrected chi connectivity index (χ0v) is 21.2. The molecule has 2 unspecified atom stereocenters. The van der Waals surface area contributed by atoms with E-state index in [2.05, 4.69) is 25.3 Å². The lowest BCUT2D eigenvalue weighted by Gasteiger charge is -2.42. The van der Waals surface area contributed by atoms with Crippen LogP contribution in [0.25, 0.3) is 11.3 Å². The number of aromatic nitrogens is 4. The summed E-state index contributed by atoms with van der Waals surface area (Å²) in [6, 6.07) is 9.30. The van der Waals surface area contributed by atoms with Crippen molar-refractivity contribution >= 4 is 23.5 Å². The maximum Gasteiger partial charge on any atom is 0.312 e. The molecule has 1 aromatic carbocycles. The molecule has 3 aromatic rings. The molecular formula is C27H33N9O2. The second-order valence-electron chi connectivity index (χ2n) is 10.6. The van der Waals surface area contributed by atoms with Crippen LogP contribution in [0.3, 0.4) is 0 Å². The number of benzene rings is 1. The van der Waals surface area contributed by atoms with Gasteiger partial charge in [-0.25, -0.2) is 14.8 Å². The molecule has 2 aliphatic heterocycles. The van der Waals surface area contributed by atoms with Crippen molar-refractivity contribution < 1.29 is 9.90 Å². The van der Waals surface area contributed by atoms with Gasteiger partial charge in [0.25, 0.3) is 0 Å². The molecule has 3 fully saturated rings. The summed E-state index contributed by atoms with van der Waals surface area (Å²) in [5, 5.41) is 21.5. The van der Waals surface area contributed by atoms with E-state index < -0.39 is 6.03 Å². The van der Waals surface area contributed by atoms with Crippen molar-refractivity contribution in [3.8, 4) is 17.0 Å². The van der Waals surface area contributed by atoms with E-state index in [4.69, 9.17) is 21.4 Å². The summed E-state index contributed by atoms with van der Waals surface area (Å²) < 4.78 is 0. The van der Waals surface area contributed by atoms with Crippen LogP contribution in [-0.4, -0.2) is 62.5 Å². The fourth-order valence-electron chi connectivity index (χ4n) is 6.34. The summed E-state index contributed by atoms with van der Waals surface area (Å²) in [4.78, 5) is 25.4. The van der Waals surface area contributed by atoms with Gasteiger partial charge in [-0.1, -0.05) is 12.1 Å². The lowest BCUT2D eigenvalue weighted by molar-refractivity contribution is 0.239. The largest absolute Gasteiger partial charge is 0.507 e. The van der Waals surface area contributed by atoms with Crippen molar-refractivity contribution in [2.24, 2.45) is 5.73 Å². The first-order valence-corrected chi connectivity index (χ1v) is 13.3. The molecule has 0 spiro atoms. The fourth-order valence-corrected chi connectivity index (χ4v) is 6.34. The molecule has 6 N–H and O–H groups in total. The Morgan fingerprint density at radius 2 is 1.66 bits per heavy atom. The Bertz CT molecular complexity index is 1300. The van der Waals surface area contributed by atoms with Crippen LogP contribution in [0.15, 0.2) is 42.7 Å². The van der Waals surface area contributed by atoms with Gasteiger partial charge < -0.3 is 31.7 Å². The molecular weight excluding hydrogens is 482 g/mol. The Morgan fingerprint density at radius 1 is 0.974 bits per heavy atom. The van der Waals surface area contributed by atoms with Gasteiger partial charge in [0.15, 0.2) is 5.82 Å². The topological polar surface area (TPSA) is 159 Å². The predicted molar refractivity (Wildman–Crippen MR) is 145 cm³/mol. The van der Waals surface area contributed by atoms with Gasteiger partial charge in [-0.05, 0) is 68.2 Å². The number of hydrogen-bond donors (Lipinski definition) is 4. The highest BCUT2D eigenvalue weighted by molar-refractivity contribution is 5.74. The van der Waals surface area contributed by atoms with Gasteiger partial charge in [-0.3, -0.25) is 0 Å². The maximum absolute atomic E-state index is 11.1. The van der Waals surface area contributed by atoms with Gasteiger partial charge in [0.1, 0.15) is 5.75 Å². The predicted octanol–water partition coefficient (Wildman–Crippen LogP) is 2.77. The molecule has 2 saturated heterocycles. The number of hydrogen-bond acceptors (Lipinski definition) is 9. The van der Waals surface area contributed by atoms with Crippen molar-refractivity contribution in [2.75, 3.05) is 28.6 Å². The highest BCUT2D eigenvalue weighted by Crippen LogP contribution is 2.38. The third-order valence-electron chi connectivity index (χ3n) is 8.24. The van der Waals surface area contributed by atoms with Crippen LogP contribution in [0.5, 0.6) is 5.75 Å². The number of urea groups is 1. The zero-order valence-electron chi connectivity index (χ0n) is 21.2. The number of amides is 2.